The molecule has 0 saturated heterocycles. The van der Waals surface area contributed by atoms with Gasteiger partial charge in [0.1, 0.15) is 0 Å². The van der Waals surface area contributed by atoms with Gasteiger partial charge in [0.15, 0.2) is 0 Å². The van der Waals surface area contributed by atoms with Crippen molar-refractivity contribution in [3.8, 4) is 0 Å². The second-order valence-corrected chi connectivity index (χ2v) is 4.27. The van der Waals surface area contributed by atoms with Gasteiger partial charge in [-0.15, -0.1) is 0 Å². The SMILES string of the molecule is CC[C@@H](O)[C@H](C)[C@H](O)c1ccc(Cl)cc1. The highest BCUT2D eigenvalue weighted by atomic mass is 35.5. The van der Waals surface area contributed by atoms with Crippen LogP contribution in [0.2, 0.25) is 5.02 Å². The van der Waals surface area contributed by atoms with Gasteiger partial charge in [-0.05, 0) is 24.1 Å². The molecule has 3 atom stereocenters. The largest absolute Gasteiger partial charge is 0.393 e. The van der Waals surface area contributed by atoms with Crippen LogP contribution in [0, 0.1) is 5.92 Å². The molecule has 3 heteroatoms. The molecule has 0 amide bonds. The van der Waals surface area contributed by atoms with E-state index in [1.165, 1.54) is 0 Å². The van der Waals surface area contributed by atoms with Crippen molar-refractivity contribution in [2.75, 3.05) is 0 Å². The van der Waals surface area contributed by atoms with Gasteiger partial charge in [0.25, 0.3) is 0 Å². The summed E-state index contributed by atoms with van der Waals surface area (Å²) in [5.41, 5.74) is 0.791. The number of aliphatic hydroxyl groups excluding tert-OH is 2. The van der Waals surface area contributed by atoms with E-state index in [1.807, 2.05) is 13.8 Å². The minimum absolute atomic E-state index is 0.170. The van der Waals surface area contributed by atoms with E-state index < -0.39 is 12.2 Å². The third-order valence-electron chi connectivity index (χ3n) is 2.73. The average molecular weight is 229 g/mol. The Bertz CT molecular complexity index is 297. The van der Waals surface area contributed by atoms with Gasteiger partial charge in [-0.25, -0.2) is 0 Å². The molecule has 0 saturated carbocycles. The Labute approximate surface area is 95.5 Å². The first-order chi connectivity index (χ1) is 7.06. The lowest BCUT2D eigenvalue weighted by molar-refractivity contribution is 0.0192. The molecule has 1 rings (SSSR count). The highest BCUT2D eigenvalue weighted by molar-refractivity contribution is 6.30. The number of hydrogen-bond acceptors (Lipinski definition) is 2. The summed E-state index contributed by atoms with van der Waals surface area (Å²) in [6, 6.07) is 7.05. The summed E-state index contributed by atoms with van der Waals surface area (Å²) in [7, 11) is 0. The molecule has 1 aromatic carbocycles. The van der Waals surface area contributed by atoms with E-state index in [2.05, 4.69) is 0 Å². The van der Waals surface area contributed by atoms with Crippen LogP contribution in [0.15, 0.2) is 24.3 Å². The number of rotatable bonds is 4. The third kappa shape index (κ3) is 3.20. The molecule has 1 aromatic rings. The summed E-state index contributed by atoms with van der Waals surface area (Å²) in [5, 5.41) is 20.3. The third-order valence-corrected chi connectivity index (χ3v) is 2.99. The molecule has 2 nitrogen and oxygen atoms in total. The first-order valence-electron chi connectivity index (χ1n) is 5.17. The molecule has 0 radical (unpaired) electrons. The predicted molar refractivity (Wildman–Crippen MR) is 61.9 cm³/mol. The molecule has 15 heavy (non-hydrogen) atoms. The molecule has 2 N–H and O–H groups in total. The van der Waals surface area contributed by atoms with Crippen LogP contribution in [0.3, 0.4) is 0 Å². The van der Waals surface area contributed by atoms with Gasteiger partial charge in [-0.2, -0.15) is 0 Å². The maximum absolute atomic E-state index is 9.98. The summed E-state index contributed by atoms with van der Waals surface area (Å²) in [4.78, 5) is 0. The monoisotopic (exact) mass is 228 g/mol. The van der Waals surface area contributed by atoms with Crippen molar-refractivity contribution in [1.82, 2.24) is 0 Å². The fraction of sp³-hybridized carbons (Fsp3) is 0.500. The van der Waals surface area contributed by atoms with Gasteiger partial charge in [0.2, 0.25) is 0 Å². The standard InChI is InChI=1S/C12H17ClO2/c1-3-11(14)8(2)12(15)9-4-6-10(13)7-5-9/h4-8,11-12,14-15H,3H2,1-2H3/t8-,11+,12-/m0/s1. The van der Waals surface area contributed by atoms with Crippen LogP contribution in [0.5, 0.6) is 0 Å². The number of aliphatic hydroxyl groups is 2. The van der Waals surface area contributed by atoms with E-state index in [1.54, 1.807) is 24.3 Å². The van der Waals surface area contributed by atoms with Crippen molar-refractivity contribution < 1.29 is 10.2 Å². The summed E-state index contributed by atoms with van der Waals surface area (Å²) in [5.74, 6) is -0.170. The van der Waals surface area contributed by atoms with Crippen LogP contribution < -0.4 is 0 Å². The summed E-state index contributed by atoms with van der Waals surface area (Å²) in [6.07, 6.45) is -0.473. The Morgan fingerprint density at radius 1 is 1.20 bits per heavy atom. The van der Waals surface area contributed by atoms with E-state index >= 15 is 0 Å². The maximum Gasteiger partial charge on any atom is 0.0840 e. The number of benzene rings is 1. The van der Waals surface area contributed by atoms with Crippen LogP contribution in [-0.4, -0.2) is 16.3 Å². The van der Waals surface area contributed by atoms with E-state index in [0.717, 1.165) is 5.56 Å². The number of halogens is 1. The van der Waals surface area contributed by atoms with Gasteiger partial charge in [-0.1, -0.05) is 37.6 Å². The van der Waals surface area contributed by atoms with Crippen molar-refractivity contribution >= 4 is 11.6 Å². The minimum atomic E-state index is -0.641. The molecule has 0 aliphatic heterocycles. The lowest BCUT2D eigenvalue weighted by Crippen LogP contribution is -2.23. The molecule has 84 valence electrons. The smallest absolute Gasteiger partial charge is 0.0840 e. The molecule has 0 heterocycles. The van der Waals surface area contributed by atoms with Gasteiger partial charge in [0.05, 0.1) is 12.2 Å². The Balaban J connectivity index is 2.75. The van der Waals surface area contributed by atoms with Crippen molar-refractivity contribution in [2.45, 2.75) is 32.5 Å². The fourth-order valence-corrected chi connectivity index (χ4v) is 1.67. The quantitative estimate of drug-likeness (QED) is 0.832. The van der Waals surface area contributed by atoms with Crippen molar-refractivity contribution in [1.29, 1.82) is 0 Å². The van der Waals surface area contributed by atoms with Crippen LogP contribution in [0.1, 0.15) is 31.9 Å². The van der Waals surface area contributed by atoms with Crippen molar-refractivity contribution in [2.24, 2.45) is 5.92 Å². The minimum Gasteiger partial charge on any atom is -0.393 e. The topological polar surface area (TPSA) is 40.5 Å². The summed E-state index contributed by atoms with van der Waals surface area (Å²) in [6.45, 7) is 3.74. The maximum atomic E-state index is 9.98. The Kier molecular flexibility index (Phi) is 4.58. The highest BCUT2D eigenvalue weighted by Crippen LogP contribution is 2.26. The van der Waals surface area contributed by atoms with Crippen molar-refractivity contribution in [3.05, 3.63) is 34.9 Å². The zero-order valence-electron chi connectivity index (χ0n) is 9.02. The molecule has 0 unspecified atom stereocenters. The Morgan fingerprint density at radius 3 is 2.20 bits per heavy atom. The van der Waals surface area contributed by atoms with E-state index in [-0.39, 0.29) is 5.92 Å². The summed E-state index contributed by atoms with van der Waals surface area (Å²) >= 11 is 5.75. The Morgan fingerprint density at radius 2 is 1.73 bits per heavy atom. The zero-order valence-corrected chi connectivity index (χ0v) is 9.78. The van der Waals surface area contributed by atoms with E-state index in [9.17, 15) is 10.2 Å². The van der Waals surface area contributed by atoms with Gasteiger partial charge >= 0.3 is 0 Å². The molecular weight excluding hydrogens is 212 g/mol. The van der Waals surface area contributed by atoms with Crippen LogP contribution >= 0.6 is 11.6 Å². The first-order valence-corrected chi connectivity index (χ1v) is 5.55. The van der Waals surface area contributed by atoms with E-state index in [0.29, 0.717) is 11.4 Å². The number of hydrogen-bond donors (Lipinski definition) is 2. The van der Waals surface area contributed by atoms with Gasteiger partial charge in [-0.3, -0.25) is 0 Å². The normalized spacial score (nSPS) is 17.1. The van der Waals surface area contributed by atoms with Gasteiger partial charge in [0, 0.05) is 10.9 Å². The molecule has 0 bridgehead atoms. The molecule has 0 spiro atoms. The van der Waals surface area contributed by atoms with Gasteiger partial charge < -0.3 is 10.2 Å². The summed E-state index contributed by atoms with van der Waals surface area (Å²) < 4.78 is 0. The second kappa shape index (κ2) is 5.50. The molecule has 0 fully saturated rings. The van der Waals surface area contributed by atoms with Crippen LogP contribution in [0.25, 0.3) is 0 Å². The molecule has 0 aliphatic carbocycles. The zero-order chi connectivity index (χ0) is 11.4. The van der Waals surface area contributed by atoms with Crippen LogP contribution in [-0.2, 0) is 0 Å². The molecular formula is C12H17ClO2. The predicted octanol–water partition coefficient (Wildman–Crippen LogP) is 2.78. The highest BCUT2D eigenvalue weighted by Gasteiger charge is 2.22. The van der Waals surface area contributed by atoms with Crippen LogP contribution in [0.4, 0.5) is 0 Å². The second-order valence-electron chi connectivity index (χ2n) is 3.83. The average Bonchev–Trinajstić information content (AvgIpc) is 2.27. The van der Waals surface area contributed by atoms with E-state index in [4.69, 9.17) is 11.6 Å². The first kappa shape index (κ1) is 12.5. The Hall–Kier alpha value is -0.570. The lowest BCUT2D eigenvalue weighted by Gasteiger charge is -2.23. The fourth-order valence-electron chi connectivity index (χ4n) is 1.55. The molecule has 0 aliphatic rings. The molecule has 0 aromatic heterocycles. The lowest BCUT2D eigenvalue weighted by atomic mass is 9.91. The van der Waals surface area contributed by atoms with Crippen molar-refractivity contribution in [3.63, 3.8) is 0 Å².